The third-order valence-corrected chi connectivity index (χ3v) is 5.17. The van der Waals surface area contributed by atoms with Gasteiger partial charge in [-0.25, -0.2) is 4.99 Å². The molecule has 2 aromatic carbocycles. The van der Waals surface area contributed by atoms with E-state index in [2.05, 4.69) is 31.2 Å². The fourth-order valence-electron chi connectivity index (χ4n) is 3.19. The van der Waals surface area contributed by atoms with Crippen molar-refractivity contribution in [3.05, 3.63) is 70.2 Å². The molecular weight excluding hydrogens is 432 g/mol. The van der Waals surface area contributed by atoms with Crippen LogP contribution in [0, 0.1) is 0 Å². The van der Waals surface area contributed by atoms with Gasteiger partial charge in [0.15, 0.2) is 5.96 Å². The third kappa shape index (κ3) is 6.05. The maximum atomic E-state index is 12.6. The largest absolute Gasteiger partial charge is 0.370 e. The molecule has 1 aliphatic heterocycles. The zero-order valence-corrected chi connectivity index (χ0v) is 17.7. The molecule has 29 heavy (non-hydrogen) atoms. The lowest BCUT2D eigenvalue weighted by atomic mass is 10.1. The van der Waals surface area contributed by atoms with E-state index >= 15 is 0 Å². The molecule has 8 heteroatoms. The second kappa shape index (κ2) is 10.1. The average Bonchev–Trinajstić information content (AvgIpc) is 3.00. The van der Waals surface area contributed by atoms with Crippen LogP contribution in [-0.2, 0) is 17.9 Å². The molecule has 0 aliphatic carbocycles. The molecule has 3 rings (SSSR count). The number of nitrogens with one attached hydrogen (secondary N) is 1. The number of guanidine groups is 2. The number of carbonyl (C=O) groups excluding carboxylic acids is 1. The SMILES string of the molecule is NC(N)=NCCC[C@H]1C(=O)NC(=NCc2ccc(Br)cc2)N1Cc1ccccc1. The van der Waals surface area contributed by atoms with Crippen molar-refractivity contribution in [3.8, 4) is 0 Å². The van der Waals surface area contributed by atoms with Crippen LogP contribution >= 0.6 is 15.9 Å². The first-order valence-electron chi connectivity index (χ1n) is 9.48. The summed E-state index contributed by atoms with van der Waals surface area (Å²) < 4.78 is 1.02. The predicted molar refractivity (Wildman–Crippen MR) is 119 cm³/mol. The second-order valence-electron chi connectivity index (χ2n) is 6.83. The van der Waals surface area contributed by atoms with Crippen LogP contribution in [0.15, 0.2) is 69.1 Å². The van der Waals surface area contributed by atoms with Gasteiger partial charge in [-0.15, -0.1) is 0 Å². The van der Waals surface area contributed by atoms with E-state index < -0.39 is 0 Å². The maximum Gasteiger partial charge on any atom is 0.249 e. The number of benzene rings is 2. The van der Waals surface area contributed by atoms with E-state index in [1.54, 1.807) is 0 Å². The summed E-state index contributed by atoms with van der Waals surface area (Å²) in [5.41, 5.74) is 13.0. The van der Waals surface area contributed by atoms with Crippen molar-refractivity contribution >= 4 is 33.8 Å². The molecule has 0 bridgehead atoms. The molecule has 0 saturated carbocycles. The van der Waals surface area contributed by atoms with Crippen molar-refractivity contribution in [3.63, 3.8) is 0 Å². The maximum absolute atomic E-state index is 12.6. The van der Waals surface area contributed by atoms with Gasteiger partial charge in [0.2, 0.25) is 11.9 Å². The van der Waals surface area contributed by atoms with E-state index in [4.69, 9.17) is 11.5 Å². The van der Waals surface area contributed by atoms with Crippen LogP contribution in [0.1, 0.15) is 24.0 Å². The Morgan fingerprint density at radius 2 is 1.79 bits per heavy atom. The van der Waals surface area contributed by atoms with Crippen molar-refractivity contribution in [1.82, 2.24) is 10.2 Å². The summed E-state index contributed by atoms with van der Waals surface area (Å²) in [7, 11) is 0. The number of aliphatic imine (C=N–C) groups is 2. The zero-order chi connectivity index (χ0) is 20.6. The minimum Gasteiger partial charge on any atom is -0.370 e. The summed E-state index contributed by atoms with van der Waals surface area (Å²) in [5.74, 6) is 0.632. The molecule has 1 heterocycles. The molecular formula is C21H25BrN6O. The van der Waals surface area contributed by atoms with E-state index in [0.29, 0.717) is 38.4 Å². The molecule has 5 N–H and O–H groups in total. The summed E-state index contributed by atoms with van der Waals surface area (Å²) in [6, 6.07) is 17.8. The topological polar surface area (TPSA) is 109 Å². The second-order valence-corrected chi connectivity index (χ2v) is 7.75. The first kappa shape index (κ1) is 20.9. The highest BCUT2D eigenvalue weighted by molar-refractivity contribution is 9.10. The molecule has 1 atom stereocenters. The molecule has 152 valence electrons. The number of amides is 1. The highest BCUT2D eigenvalue weighted by Gasteiger charge is 2.36. The summed E-state index contributed by atoms with van der Waals surface area (Å²) >= 11 is 3.44. The van der Waals surface area contributed by atoms with Crippen LogP contribution in [0.4, 0.5) is 0 Å². The highest BCUT2D eigenvalue weighted by atomic mass is 79.9. The van der Waals surface area contributed by atoms with Crippen LogP contribution in [0.2, 0.25) is 0 Å². The van der Waals surface area contributed by atoms with Gasteiger partial charge in [0.25, 0.3) is 0 Å². The zero-order valence-electron chi connectivity index (χ0n) is 16.1. The molecule has 0 spiro atoms. The van der Waals surface area contributed by atoms with Gasteiger partial charge >= 0.3 is 0 Å². The number of halogens is 1. The Morgan fingerprint density at radius 1 is 1.07 bits per heavy atom. The average molecular weight is 457 g/mol. The molecule has 1 aliphatic rings. The highest BCUT2D eigenvalue weighted by Crippen LogP contribution is 2.19. The monoisotopic (exact) mass is 456 g/mol. The third-order valence-electron chi connectivity index (χ3n) is 4.64. The van der Waals surface area contributed by atoms with E-state index in [0.717, 1.165) is 15.6 Å². The lowest BCUT2D eigenvalue weighted by molar-refractivity contribution is -0.121. The quantitative estimate of drug-likeness (QED) is 0.321. The number of rotatable bonds is 8. The van der Waals surface area contributed by atoms with Crippen LogP contribution in [0.5, 0.6) is 0 Å². The van der Waals surface area contributed by atoms with Crippen molar-refractivity contribution in [2.24, 2.45) is 21.5 Å². The predicted octanol–water partition coefficient (Wildman–Crippen LogP) is 2.36. The van der Waals surface area contributed by atoms with Crippen LogP contribution in [0.3, 0.4) is 0 Å². The number of nitrogens with two attached hydrogens (primary N) is 2. The van der Waals surface area contributed by atoms with Gasteiger partial charge in [0, 0.05) is 17.6 Å². The van der Waals surface area contributed by atoms with Crippen molar-refractivity contribution in [1.29, 1.82) is 0 Å². The number of carbonyl (C=O) groups is 1. The van der Waals surface area contributed by atoms with Gasteiger partial charge < -0.3 is 16.4 Å². The molecule has 0 unspecified atom stereocenters. The van der Waals surface area contributed by atoms with E-state index in [1.807, 2.05) is 59.5 Å². The van der Waals surface area contributed by atoms with Gasteiger partial charge in [-0.3, -0.25) is 15.1 Å². The molecule has 1 saturated heterocycles. The molecule has 1 amide bonds. The fraction of sp³-hybridized carbons (Fsp3) is 0.286. The van der Waals surface area contributed by atoms with E-state index in [9.17, 15) is 4.79 Å². The van der Waals surface area contributed by atoms with Crippen molar-refractivity contribution in [2.75, 3.05) is 6.54 Å². The Balaban J connectivity index is 1.75. The Kier molecular flexibility index (Phi) is 7.24. The Morgan fingerprint density at radius 3 is 2.48 bits per heavy atom. The summed E-state index contributed by atoms with van der Waals surface area (Å²) in [6.45, 7) is 1.59. The smallest absolute Gasteiger partial charge is 0.249 e. The van der Waals surface area contributed by atoms with Gasteiger partial charge in [0.05, 0.1) is 6.54 Å². The minimum atomic E-state index is -0.298. The van der Waals surface area contributed by atoms with Crippen LogP contribution in [0.25, 0.3) is 0 Å². The standard InChI is InChI=1S/C21H25BrN6O/c22-17-10-8-15(9-11-17)13-26-21-27-19(29)18(7-4-12-25-20(23)24)28(21)14-16-5-2-1-3-6-16/h1-3,5-6,8-11,18H,4,7,12-14H2,(H4,23,24,25)(H,26,27,29)/t18-/m0/s1. The minimum absolute atomic E-state index is 0.0415. The first-order valence-corrected chi connectivity index (χ1v) is 10.3. The first-order chi connectivity index (χ1) is 14.0. The summed E-state index contributed by atoms with van der Waals surface area (Å²) in [5, 5.41) is 2.95. The Bertz CT molecular complexity index is 878. The number of nitrogens with zero attached hydrogens (tertiary/aromatic N) is 3. The fourth-order valence-corrected chi connectivity index (χ4v) is 3.45. The van der Waals surface area contributed by atoms with Gasteiger partial charge in [-0.05, 0) is 36.1 Å². The van der Waals surface area contributed by atoms with Crippen molar-refractivity contribution < 1.29 is 4.79 Å². The number of hydrogen-bond donors (Lipinski definition) is 3. The molecule has 7 nitrogen and oxygen atoms in total. The number of hydrogen-bond acceptors (Lipinski definition) is 3. The van der Waals surface area contributed by atoms with Gasteiger partial charge in [0.1, 0.15) is 6.04 Å². The van der Waals surface area contributed by atoms with Gasteiger partial charge in [-0.1, -0.05) is 58.4 Å². The molecule has 0 radical (unpaired) electrons. The van der Waals surface area contributed by atoms with E-state index in [-0.39, 0.29) is 17.9 Å². The van der Waals surface area contributed by atoms with Crippen LogP contribution < -0.4 is 16.8 Å². The van der Waals surface area contributed by atoms with Gasteiger partial charge in [-0.2, -0.15) is 0 Å². The van der Waals surface area contributed by atoms with E-state index in [1.165, 1.54) is 0 Å². The summed E-state index contributed by atoms with van der Waals surface area (Å²) in [4.78, 5) is 23.4. The normalized spacial score (nSPS) is 17.4. The molecule has 2 aromatic rings. The van der Waals surface area contributed by atoms with Crippen molar-refractivity contribution in [2.45, 2.75) is 32.0 Å². The van der Waals surface area contributed by atoms with Crippen LogP contribution in [-0.4, -0.2) is 35.3 Å². The lowest BCUT2D eigenvalue weighted by Crippen LogP contribution is -2.35. The molecule has 0 aromatic heterocycles. The Hall–Kier alpha value is -2.87. The summed E-state index contributed by atoms with van der Waals surface area (Å²) in [6.07, 6.45) is 1.36. The lowest BCUT2D eigenvalue weighted by Gasteiger charge is -2.24. The molecule has 1 fully saturated rings. The Labute approximate surface area is 179 Å².